The SMILES string of the molecule is COc1cccc2[nH]cc(C(O)C(=O)O)c12. The van der Waals surface area contributed by atoms with Gasteiger partial charge in [-0.3, -0.25) is 0 Å². The summed E-state index contributed by atoms with van der Waals surface area (Å²) in [6.07, 6.45) is -0.0727. The van der Waals surface area contributed by atoms with Gasteiger partial charge in [0.1, 0.15) is 5.75 Å². The third-order valence-corrected chi connectivity index (χ3v) is 2.45. The van der Waals surface area contributed by atoms with Crippen molar-refractivity contribution in [2.45, 2.75) is 6.10 Å². The van der Waals surface area contributed by atoms with Crippen LogP contribution in [0.4, 0.5) is 0 Å². The number of aliphatic hydroxyl groups excluding tert-OH is 1. The number of benzene rings is 1. The Morgan fingerprint density at radius 2 is 2.25 bits per heavy atom. The summed E-state index contributed by atoms with van der Waals surface area (Å²) in [5.41, 5.74) is 1.04. The van der Waals surface area contributed by atoms with Gasteiger partial charge in [0, 0.05) is 22.7 Å². The predicted molar refractivity (Wildman–Crippen MR) is 57.4 cm³/mol. The lowest BCUT2D eigenvalue weighted by Gasteiger charge is -2.06. The fraction of sp³-hybridized carbons (Fsp3) is 0.182. The second-order valence-corrected chi connectivity index (χ2v) is 3.37. The molecule has 0 saturated heterocycles. The van der Waals surface area contributed by atoms with Gasteiger partial charge in [0.25, 0.3) is 0 Å². The van der Waals surface area contributed by atoms with E-state index in [0.717, 1.165) is 5.52 Å². The molecule has 0 aliphatic carbocycles. The molecule has 0 radical (unpaired) electrons. The van der Waals surface area contributed by atoms with Crippen LogP contribution in [-0.4, -0.2) is 28.3 Å². The Morgan fingerprint density at radius 1 is 1.50 bits per heavy atom. The number of aliphatic carboxylic acids is 1. The number of aliphatic hydroxyl groups is 1. The lowest BCUT2D eigenvalue weighted by atomic mass is 10.1. The molecule has 3 N–H and O–H groups in total. The summed E-state index contributed by atoms with van der Waals surface area (Å²) in [7, 11) is 1.50. The fourth-order valence-electron chi connectivity index (χ4n) is 1.70. The van der Waals surface area contributed by atoms with Crippen LogP contribution in [-0.2, 0) is 4.79 Å². The van der Waals surface area contributed by atoms with Gasteiger partial charge in [0.05, 0.1) is 7.11 Å². The number of H-pyrrole nitrogens is 1. The molecule has 2 aromatic rings. The topological polar surface area (TPSA) is 82.5 Å². The summed E-state index contributed by atoms with van der Waals surface area (Å²) < 4.78 is 5.13. The van der Waals surface area contributed by atoms with Crippen LogP contribution >= 0.6 is 0 Å². The van der Waals surface area contributed by atoms with Crippen LogP contribution in [0.25, 0.3) is 10.9 Å². The van der Waals surface area contributed by atoms with Crippen LogP contribution in [0.5, 0.6) is 5.75 Å². The molecule has 0 saturated carbocycles. The lowest BCUT2D eigenvalue weighted by Crippen LogP contribution is -2.09. The summed E-state index contributed by atoms with van der Waals surface area (Å²) in [5.74, 6) is -0.749. The highest BCUT2D eigenvalue weighted by Gasteiger charge is 2.21. The molecule has 0 amide bonds. The van der Waals surface area contributed by atoms with Crippen molar-refractivity contribution in [2.24, 2.45) is 0 Å². The number of aromatic nitrogens is 1. The van der Waals surface area contributed by atoms with Crippen LogP contribution in [0.1, 0.15) is 11.7 Å². The van der Waals surface area contributed by atoms with Crippen LogP contribution in [0, 0.1) is 0 Å². The van der Waals surface area contributed by atoms with Gasteiger partial charge in [-0.1, -0.05) is 6.07 Å². The molecule has 1 heterocycles. The van der Waals surface area contributed by atoms with E-state index in [1.165, 1.54) is 13.3 Å². The van der Waals surface area contributed by atoms with Crippen molar-refractivity contribution in [3.63, 3.8) is 0 Å². The Bertz CT molecular complexity index is 532. The molecular weight excluding hydrogens is 210 g/mol. The molecule has 0 aliphatic heterocycles. The summed E-state index contributed by atoms with van der Waals surface area (Å²) in [5, 5.41) is 18.9. The molecule has 84 valence electrons. The third-order valence-electron chi connectivity index (χ3n) is 2.45. The van der Waals surface area contributed by atoms with E-state index in [1.807, 2.05) is 0 Å². The first-order valence-electron chi connectivity index (χ1n) is 4.70. The maximum atomic E-state index is 10.7. The molecule has 1 unspecified atom stereocenters. The van der Waals surface area contributed by atoms with E-state index >= 15 is 0 Å². The van der Waals surface area contributed by atoms with Crippen molar-refractivity contribution in [1.82, 2.24) is 4.98 Å². The zero-order valence-corrected chi connectivity index (χ0v) is 8.60. The number of ether oxygens (including phenoxy) is 1. The number of methoxy groups -OCH3 is 1. The van der Waals surface area contributed by atoms with Crippen LogP contribution < -0.4 is 4.74 Å². The number of carboxylic acids is 1. The Kier molecular flexibility index (Phi) is 2.54. The molecule has 5 heteroatoms. The second kappa shape index (κ2) is 3.86. The van der Waals surface area contributed by atoms with Gasteiger partial charge in [0.2, 0.25) is 0 Å². The largest absolute Gasteiger partial charge is 0.496 e. The van der Waals surface area contributed by atoms with E-state index in [0.29, 0.717) is 16.7 Å². The third kappa shape index (κ3) is 1.51. The molecule has 1 atom stereocenters. The van der Waals surface area contributed by atoms with Gasteiger partial charge in [-0.2, -0.15) is 0 Å². The Morgan fingerprint density at radius 3 is 2.88 bits per heavy atom. The zero-order valence-electron chi connectivity index (χ0n) is 8.60. The van der Waals surface area contributed by atoms with Crippen LogP contribution in [0.2, 0.25) is 0 Å². The number of nitrogens with one attached hydrogen (secondary N) is 1. The lowest BCUT2D eigenvalue weighted by molar-refractivity contribution is -0.146. The number of rotatable bonds is 3. The fourth-order valence-corrected chi connectivity index (χ4v) is 1.70. The molecule has 16 heavy (non-hydrogen) atoms. The number of carboxylic acid groups (broad SMARTS) is 1. The van der Waals surface area contributed by atoms with E-state index in [4.69, 9.17) is 9.84 Å². The first-order valence-corrected chi connectivity index (χ1v) is 4.70. The van der Waals surface area contributed by atoms with Crippen LogP contribution in [0.3, 0.4) is 0 Å². The molecule has 1 aromatic heterocycles. The molecule has 5 nitrogen and oxygen atoms in total. The summed E-state index contributed by atoms with van der Waals surface area (Å²) in [6.45, 7) is 0. The number of fused-ring (bicyclic) bond motifs is 1. The zero-order chi connectivity index (χ0) is 11.7. The molecule has 0 fully saturated rings. The van der Waals surface area contributed by atoms with Crippen molar-refractivity contribution >= 4 is 16.9 Å². The minimum Gasteiger partial charge on any atom is -0.496 e. The van der Waals surface area contributed by atoms with Crippen molar-refractivity contribution < 1.29 is 19.7 Å². The average molecular weight is 221 g/mol. The summed E-state index contributed by atoms with van der Waals surface area (Å²) in [6, 6.07) is 5.29. The second-order valence-electron chi connectivity index (χ2n) is 3.37. The minimum atomic E-state index is -1.55. The molecule has 1 aromatic carbocycles. The summed E-state index contributed by atoms with van der Waals surface area (Å²) in [4.78, 5) is 13.6. The Labute approximate surface area is 91.3 Å². The standard InChI is InChI=1S/C11H11NO4/c1-16-8-4-2-3-7-9(8)6(5-12-7)10(13)11(14)15/h2-5,10,12-13H,1H3,(H,14,15). The highest BCUT2D eigenvalue weighted by atomic mass is 16.5. The number of hydrogen-bond donors (Lipinski definition) is 3. The molecule has 0 bridgehead atoms. The van der Waals surface area contributed by atoms with E-state index in [1.54, 1.807) is 18.2 Å². The van der Waals surface area contributed by atoms with Gasteiger partial charge >= 0.3 is 5.97 Å². The maximum Gasteiger partial charge on any atom is 0.337 e. The predicted octanol–water partition coefficient (Wildman–Crippen LogP) is 1.29. The Balaban J connectivity index is 2.67. The first kappa shape index (κ1) is 10.5. The highest BCUT2D eigenvalue weighted by Crippen LogP contribution is 2.32. The number of aromatic amines is 1. The number of hydrogen-bond acceptors (Lipinski definition) is 3. The number of carbonyl (C=O) groups is 1. The maximum absolute atomic E-state index is 10.7. The van der Waals surface area contributed by atoms with Crippen molar-refractivity contribution in [2.75, 3.05) is 7.11 Å². The van der Waals surface area contributed by atoms with E-state index in [9.17, 15) is 9.90 Å². The van der Waals surface area contributed by atoms with Crippen LogP contribution in [0.15, 0.2) is 24.4 Å². The van der Waals surface area contributed by atoms with E-state index in [2.05, 4.69) is 4.98 Å². The first-order chi connectivity index (χ1) is 7.65. The van der Waals surface area contributed by atoms with E-state index < -0.39 is 12.1 Å². The smallest absolute Gasteiger partial charge is 0.337 e. The molecule has 2 rings (SSSR count). The van der Waals surface area contributed by atoms with Crippen molar-refractivity contribution in [3.8, 4) is 5.75 Å². The quantitative estimate of drug-likeness (QED) is 0.729. The molecule has 0 aliphatic rings. The van der Waals surface area contributed by atoms with Gasteiger partial charge < -0.3 is 19.9 Å². The van der Waals surface area contributed by atoms with E-state index in [-0.39, 0.29) is 0 Å². The van der Waals surface area contributed by atoms with Crippen molar-refractivity contribution in [1.29, 1.82) is 0 Å². The van der Waals surface area contributed by atoms with Gasteiger partial charge in [-0.15, -0.1) is 0 Å². The molecular formula is C11H11NO4. The van der Waals surface area contributed by atoms with Gasteiger partial charge in [0.15, 0.2) is 6.10 Å². The highest BCUT2D eigenvalue weighted by molar-refractivity contribution is 5.93. The van der Waals surface area contributed by atoms with Crippen molar-refractivity contribution in [3.05, 3.63) is 30.0 Å². The normalized spacial score (nSPS) is 12.6. The van der Waals surface area contributed by atoms with Gasteiger partial charge in [-0.05, 0) is 12.1 Å². The van der Waals surface area contributed by atoms with Gasteiger partial charge in [-0.25, -0.2) is 4.79 Å². The Hall–Kier alpha value is -2.01. The monoisotopic (exact) mass is 221 g/mol. The average Bonchev–Trinajstić information content (AvgIpc) is 2.71. The molecule has 0 spiro atoms. The minimum absolute atomic E-state index is 0.306. The summed E-state index contributed by atoms with van der Waals surface area (Å²) >= 11 is 0.